The fraction of sp³-hybridized carbons (Fsp3) is 0.0455. The van der Waals surface area contributed by atoms with Crippen LogP contribution in [0.25, 0.3) is 28.5 Å². The number of hydrogen-bond acceptors (Lipinski definition) is 6. The first-order valence-electron chi connectivity index (χ1n) is 9.36. The molecule has 33 heavy (non-hydrogen) atoms. The molecular weight excluding hydrogens is 446 g/mol. The average Bonchev–Trinajstić information content (AvgIpc) is 3.18. The van der Waals surface area contributed by atoms with Crippen molar-refractivity contribution in [1.29, 1.82) is 0 Å². The van der Waals surface area contributed by atoms with Crippen LogP contribution in [0.4, 0.5) is 17.6 Å². The van der Waals surface area contributed by atoms with Gasteiger partial charge >= 0.3 is 12.1 Å². The summed E-state index contributed by atoms with van der Waals surface area (Å²) >= 11 is 0. The van der Waals surface area contributed by atoms with Gasteiger partial charge in [-0.25, -0.2) is 18.9 Å². The van der Waals surface area contributed by atoms with Crippen molar-refractivity contribution in [1.82, 2.24) is 14.8 Å². The van der Waals surface area contributed by atoms with E-state index in [-0.39, 0.29) is 45.5 Å². The summed E-state index contributed by atoms with van der Waals surface area (Å²) in [6.07, 6.45) is -4.68. The van der Waals surface area contributed by atoms with Gasteiger partial charge in [-0.2, -0.15) is 13.2 Å². The van der Waals surface area contributed by atoms with Gasteiger partial charge in [-0.1, -0.05) is 12.1 Å². The van der Waals surface area contributed by atoms with Crippen molar-refractivity contribution >= 4 is 5.97 Å². The van der Waals surface area contributed by atoms with Crippen LogP contribution in [0.15, 0.2) is 54.6 Å². The molecule has 1 aromatic heterocycles. The third-order valence-electron chi connectivity index (χ3n) is 5.03. The van der Waals surface area contributed by atoms with Gasteiger partial charge in [-0.05, 0) is 42.5 Å². The molecule has 0 fully saturated rings. The SMILES string of the molecule is O=C1Oc2ccc(F)c(-n3nc(-c4ccc(C(F)(F)F)cc4O)nc3-c3ccccc3O)c21. The molecule has 0 atom stereocenters. The zero-order valence-electron chi connectivity index (χ0n) is 16.3. The topological polar surface area (TPSA) is 97.5 Å². The van der Waals surface area contributed by atoms with Gasteiger partial charge in [0, 0.05) is 0 Å². The fourth-order valence-corrected chi connectivity index (χ4v) is 3.46. The molecule has 1 aliphatic heterocycles. The molecule has 0 aliphatic carbocycles. The number of benzene rings is 3. The third-order valence-corrected chi connectivity index (χ3v) is 5.03. The Morgan fingerprint density at radius 3 is 2.36 bits per heavy atom. The zero-order chi connectivity index (χ0) is 23.5. The number of fused-ring (bicyclic) bond motifs is 1. The number of aromatic nitrogens is 3. The summed E-state index contributed by atoms with van der Waals surface area (Å²) in [4.78, 5) is 16.2. The predicted molar refractivity (Wildman–Crippen MR) is 105 cm³/mol. The Kier molecular flexibility index (Phi) is 4.38. The Bertz CT molecular complexity index is 1450. The van der Waals surface area contributed by atoms with Gasteiger partial charge in [0.05, 0.1) is 16.7 Å². The van der Waals surface area contributed by atoms with E-state index in [0.29, 0.717) is 6.07 Å². The molecular formula is C22H11F4N3O4. The largest absolute Gasteiger partial charge is 0.507 e. The Hall–Kier alpha value is -4.41. The number of hydrogen-bond donors (Lipinski definition) is 2. The number of carbonyl (C=O) groups excluding carboxylic acids is 1. The first-order valence-corrected chi connectivity index (χ1v) is 9.36. The standard InChI is InChI=1S/C22H11F4N3O4/c23-13-7-8-16-17(21(32)33-16)18(13)29-20(12-3-1-2-4-14(12)30)27-19(28-29)11-6-5-10(9-15(11)31)22(24,25)26/h1-9,30-31H. The Balaban J connectivity index is 1.76. The number of rotatable bonds is 3. The molecule has 4 aromatic rings. The minimum atomic E-state index is -4.68. The third kappa shape index (κ3) is 3.25. The minimum Gasteiger partial charge on any atom is -0.507 e. The average molecular weight is 457 g/mol. The van der Waals surface area contributed by atoms with Crippen molar-refractivity contribution in [2.24, 2.45) is 0 Å². The van der Waals surface area contributed by atoms with Crippen LogP contribution < -0.4 is 4.74 Å². The van der Waals surface area contributed by atoms with Crippen LogP contribution >= 0.6 is 0 Å². The maximum Gasteiger partial charge on any atom is 0.416 e. The first kappa shape index (κ1) is 20.5. The van der Waals surface area contributed by atoms with Crippen LogP contribution in [0.2, 0.25) is 0 Å². The van der Waals surface area contributed by atoms with Gasteiger partial charge in [-0.3, -0.25) is 0 Å². The Labute approximate surface area is 182 Å². The highest BCUT2D eigenvalue weighted by Crippen LogP contribution is 2.40. The van der Waals surface area contributed by atoms with E-state index >= 15 is 0 Å². The maximum absolute atomic E-state index is 14.9. The van der Waals surface area contributed by atoms with Gasteiger partial charge in [0.25, 0.3) is 0 Å². The number of phenolic OH excluding ortho intramolecular Hbond substituents is 2. The molecule has 0 amide bonds. The molecule has 0 saturated carbocycles. The molecule has 11 heteroatoms. The molecule has 0 unspecified atom stereocenters. The Morgan fingerprint density at radius 1 is 0.939 bits per heavy atom. The lowest BCUT2D eigenvalue weighted by atomic mass is 10.1. The monoisotopic (exact) mass is 457 g/mol. The van der Waals surface area contributed by atoms with Gasteiger partial charge in [-0.15, -0.1) is 5.10 Å². The maximum atomic E-state index is 14.9. The number of nitrogens with zero attached hydrogens (tertiary/aromatic N) is 3. The summed E-state index contributed by atoms with van der Waals surface area (Å²) in [5.74, 6) is -2.93. The minimum absolute atomic E-state index is 0.104. The fourth-order valence-electron chi connectivity index (χ4n) is 3.46. The van der Waals surface area contributed by atoms with Crippen LogP contribution in [0.5, 0.6) is 17.2 Å². The van der Waals surface area contributed by atoms with E-state index < -0.39 is 29.3 Å². The first-order chi connectivity index (χ1) is 15.6. The van der Waals surface area contributed by atoms with Crippen LogP contribution in [-0.4, -0.2) is 30.9 Å². The lowest BCUT2D eigenvalue weighted by Gasteiger charge is -2.21. The summed E-state index contributed by atoms with van der Waals surface area (Å²) in [6, 6.07) is 10.4. The van der Waals surface area contributed by atoms with E-state index in [1.807, 2.05) is 0 Å². The summed E-state index contributed by atoms with van der Waals surface area (Å²) in [7, 11) is 0. The lowest BCUT2D eigenvalue weighted by Crippen LogP contribution is -2.25. The molecule has 0 bridgehead atoms. The van der Waals surface area contributed by atoms with Gasteiger partial charge in [0.2, 0.25) is 0 Å². The van der Waals surface area contributed by atoms with Crippen molar-refractivity contribution in [2.75, 3.05) is 0 Å². The predicted octanol–water partition coefficient (Wildman–Crippen LogP) is 4.70. The zero-order valence-corrected chi connectivity index (χ0v) is 16.3. The normalized spacial score (nSPS) is 12.8. The molecule has 5 rings (SSSR count). The second kappa shape index (κ2) is 7.05. The highest BCUT2D eigenvalue weighted by Gasteiger charge is 2.35. The number of ether oxygens (including phenoxy) is 1. The number of aromatic hydroxyl groups is 2. The van der Waals surface area contributed by atoms with Crippen LogP contribution in [-0.2, 0) is 6.18 Å². The number of carbonyl (C=O) groups is 1. The lowest BCUT2D eigenvalue weighted by molar-refractivity contribution is -0.137. The number of esters is 1. The molecule has 7 nitrogen and oxygen atoms in total. The molecule has 3 aromatic carbocycles. The van der Waals surface area contributed by atoms with Gasteiger partial charge < -0.3 is 14.9 Å². The van der Waals surface area contributed by atoms with Crippen molar-refractivity contribution in [3.8, 4) is 45.7 Å². The summed E-state index contributed by atoms with van der Waals surface area (Å²) in [5, 5.41) is 24.7. The van der Waals surface area contributed by atoms with Crippen molar-refractivity contribution < 1.29 is 37.3 Å². The van der Waals surface area contributed by atoms with E-state index in [9.17, 15) is 32.6 Å². The molecule has 2 N–H and O–H groups in total. The molecule has 0 saturated heterocycles. The molecule has 0 spiro atoms. The summed E-state index contributed by atoms with van der Waals surface area (Å²) in [6.45, 7) is 0. The second-order valence-corrected chi connectivity index (χ2v) is 7.08. The molecule has 1 aliphatic rings. The van der Waals surface area contributed by atoms with Gasteiger partial charge in [0.15, 0.2) is 11.6 Å². The highest BCUT2D eigenvalue weighted by molar-refractivity contribution is 6.05. The summed E-state index contributed by atoms with van der Waals surface area (Å²) in [5.41, 5.74) is -1.57. The quantitative estimate of drug-likeness (QED) is 0.342. The molecule has 166 valence electrons. The smallest absolute Gasteiger partial charge is 0.416 e. The van der Waals surface area contributed by atoms with Crippen LogP contribution in [0.1, 0.15) is 15.9 Å². The summed E-state index contributed by atoms with van der Waals surface area (Å²) < 4.78 is 59.6. The number of phenols is 2. The van der Waals surface area contributed by atoms with E-state index in [1.54, 1.807) is 6.07 Å². The van der Waals surface area contributed by atoms with Crippen LogP contribution in [0.3, 0.4) is 0 Å². The molecule has 2 heterocycles. The van der Waals surface area contributed by atoms with Gasteiger partial charge in [0.1, 0.15) is 34.3 Å². The molecule has 0 radical (unpaired) electrons. The number of halogens is 4. The second-order valence-electron chi connectivity index (χ2n) is 7.08. The highest BCUT2D eigenvalue weighted by atomic mass is 19.4. The van der Waals surface area contributed by atoms with E-state index in [4.69, 9.17) is 4.74 Å². The van der Waals surface area contributed by atoms with E-state index in [1.165, 1.54) is 24.3 Å². The number of para-hydroxylation sites is 1. The Morgan fingerprint density at radius 2 is 1.70 bits per heavy atom. The van der Waals surface area contributed by atoms with E-state index in [2.05, 4.69) is 10.1 Å². The van der Waals surface area contributed by atoms with E-state index in [0.717, 1.165) is 22.9 Å². The van der Waals surface area contributed by atoms with Crippen molar-refractivity contribution in [3.05, 3.63) is 71.5 Å². The van der Waals surface area contributed by atoms with Crippen molar-refractivity contribution in [2.45, 2.75) is 6.18 Å². The number of alkyl halides is 3. The van der Waals surface area contributed by atoms with Crippen LogP contribution in [0, 0.1) is 5.82 Å². The van der Waals surface area contributed by atoms with Crippen molar-refractivity contribution in [3.63, 3.8) is 0 Å².